The molecule has 0 bridgehead atoms. The Kier molecular flexibility index (Phi) is 5.94. The smallest absolute Gasteiger partial charge is 0.273 e. The summed E-state index contributed by atoms with van der Waals surface area (Å²) in [6.07, 6.45) is 3.07. The lowest BCUT2D eigenvalue weighted by Gasteiger charge is -2.06. The fourth-order valence-electron chi connectivity index (χ4n) is 3.05. The maximum atomic E-state index is 12.8. The summed E-state index contributed by atoms with van der Waals surface area (Å²) < 4.78 is 3.99. The standard InChI is InChI=1S/C21H19N5O2S3/c1-4-7-26-18-17(31-21(26)29)19(28)25(11-22-18)9-16(27)24-20-23-15(10-30-20)14-6-5-12(2)13(3)8-14/h4-6,8,10-11H,1,7,9H2,2-3H3,(H,23,24,27). The highest BCUT2D eigenvalue weighted by Crippen LogP contribution is 2.26. The normalized spacial score (nSPS) is 11.0. The van der Waals surface area contributed by atoms with Crippen LogP contribution in [0.5, 0.6) is 0 Å². The molecule has 1 aromatic carbocycles. The van der Waals surface area contributed by atoms with Crippen molar-refractivity contribution < 1.29 is 4.79 Å². The van der Waals surface area contributed by atoms with Crippen molar-refractivity contribution in [3.8, 4) is 11.3 Å². The van der Waals surface area contributed by atoms with Gasteiger partial charge in [-0.1, -0.05) is 29.5 Å². The summed E-state index contributed by atoms with van der Waals surface area (Å²) in [7, 11) is 0. The van der Waals surface area contributed by atoms with Crippen LogP contribution in [0.15, 0.2) is 47.4 Å². The SMILES string of the molecule is C=CCn1c(=S)sc2c(=O)n(CC(=O)Nc3nc(-c4ccc(C)c(C)c4)cs3)cnc21. The molecule has 0 fully saturated rings. The van der Waals surface area contributed by atoms with E-state index in [0.717, 1.165) is 11.3 Å². The van der Waals surface area contributed by atoms with Crippen molar-refractivity contribution in [3.05, 3.63) is 68.0 Å². The maximum Gasteiger partial charge on any atom is 0.273 e. The average Bonchev–Trinajstić information content (AvgIpc) is 3.32. The molecule has 4 aromatic rings. The minimum atomic E-state index is -0.349. The molecule has 4 rings (SSSR count). The third-order valence-corrected chi connectivity index (χ3v) is 7.01. The van der Waals surface area contributed by atoms with Crippen LogP contribution >= 0.6 is 34.9 Å². The molecule has 0 saturated carbocycles. The Morgan fingerprint density at radius 1 is 1.32 bits per heavy atom. The summed E-state index contributed by atoms with van der Waals surface area (Å²) in [5.74, 6) is -0.349. The average molecular weight is 470 g/mol. The summed E-state index contributed by atoms with van der Waals surface area (Å²) in [4.78, 5) is 34.1. The van der Waals surface area contributed by atoms with Crippen molar-refractivity contribution in [1.82, 2.24) is 19.1 Å². The number of aromatic nitrogens is 4. The van der Waals surface area contributed by atoms with E-state index in [1.54, 1.807) is 10.6 Å². The molecular weight excluding hydrogens is 450 g/mol. The molecule has 0 spiro atoms. The largest absolute Gasteiger partial charge is 0.304 e. The number of fused-ring (bicyclic) bond motifs is 1. The van der Waals surface area contributed by atoms with E-state index in [9.17, 15) is 9.59 Å². The number of benzene rings is 1. The zero-order valence-corrected chi connectivity index (χ0v) is 19.4. The van der Waals surface area contributed by atoms with Crippen LogP contribution in [0.2, 0.25) is 0 Å². The molecular formula is C21H19N5O2S3. The van der Waals surface area contributed by atoms with Crippen LogP contribution in [0.1, 0.15) is 11.1 Å². The van der Waals surface area contributed by atoms with Gasteiger partial charge in [-0.05, 0) is 43.3 Å². The van der Waals surface area contributed by atoms with E-state index < -0.39 is 0 Å². The Morgan fingerprint density at radius 3 is 2.87 bits per heavy atom. The van der Waals surface area contributed by atoms with E-state index in [0.29, 0.717) is 26.0 Å². The first-order chi connectivity index (χ1) is 14.9. The first kappa shape index (κ1) is 21.3. The van der Waals surface area contributed by atoms with Gasteiger partial charge in [-0.2, -0.15) is 0 Å². The Hall–Kier alpha value is -2.95. The summed E-state index contributed by atoms with van der Waals surface area (Å²) >= 11 is 7.84. The monoisotopic (exact) mass is 469 g/mol. The third-order valence-electron chi connectivity index (χ3n) is 4.82. The van der Waals surface area contributed by atoms with E-state index in [1.165, 1.54) is 44.7 Å². The van der Waals surface area contributed by atoms with Gasteiger partial charge >= 0.3 is 0 Å². The zero-order chi connectivity index (χ0) is 22.1. The minimum Gasteiger partial charge on any atom is -0.304 e. The number of hydrogen-bond donors (Lipinski definition) is 1. The van der Waals surface area contributed by atoms with Gasteiger partial charge in [0.15, 0.2) is 14.7 Å². The van der Waals surface area contributed by atoms with Crippen molar-refractivity contribution in [2.24, 2.45) is 0 Å². The van der Waals surface area contributed by atoms with Gasteiger partial charge < -0.3 is 9.88 Å². The van der Waals surface area contributed by atoms with Crippen molar-refractivity contribution in [1.29, 1.82) is 0 Å². The van der Waals surface area contributed by atoms with E-state index in [1.807, 2.05) is 11.4 Å². The third kappa shape index (κ3) is 4.27. The van der Waals surface area contributed by atoms with E-state index in [2.05, 4.69) is 47.8 Å². The van der Waals surface area contributed by atoms with Crippen molar-refractivity contribution in [2.75, 3.05) is 5.32 Å². The second-order valence-corrected chi connectivity index (χ2v) is 9.49. The minimum absolute atomic E-state index is 0.160. The Balaban J connectivity index is 1.52. The predicted molar refractivity (Wildman–Crippen MR) is 129 cm³/mol. The molecule has 0 unspecified atom stereocenters. The second kappa shape index (κ2) is 8.66. The molecule has 7 nitrogen and oxygen atoms in total. The van der Waals surface area contributed by atoms with Crippen LogP contribution in [-0.2, 0) is 17.9 Å². The maximum absolute atomic E-state index is 12.8. The van der Waals surface area contributed by atoms with Gasteiger partial charge in [0.25, 0.3) is 5.56 Å². The second-order valence-electron chi connectivity index (χ2n) is 6.98. The molecule has 0 aliphatic rings. The molecule has 158 valence electrons. The number of allylic oxidation sites excluding steroid dienone is 1. The Bertz CT molecular complexity index is 1430. The molecule has 3 heterocycles. The number of thiazole rings is 2. The first-order valence-electron chi connectivity index (χ1n) is 9.40. The lowest BCUT2D eigenvalue weighted by molar-refractivity contribution is -0.116. The molecule has 0 aliphatic carbocycles. The number of aryl methyl sites for hydroxylation is 2. The summed E-state index contributed by atoms with van der Waals surface area (Å²) in [6.45, 7) is 8.13. The van der Waals surface area contributed by atoms with Crippen molar-refractivity contribution in [2.45, 2.75) is 26.9 Å². The van der Waals surface area contributed by atoms with Crippen LogP contribution in [0.25, 0.3) is 21.6 Å². The summed E-state index contributed by atoms with van der Waals surface area (Å²) in [5.41, 5.74) is 4.41. The Morgan fingerprint density at radius 2 is 2.13 bits per heavy atom. The highest BCUT2D eigenvalue weighted by molar-refractivity contribution is 7.73. The van der Waals surface area contributed by atoms with Gasteiger partial charge in [-0.25, -0.2) is 9.97 Å². The van der Waals surface area contributed by atoms with Crippen LogP contribution < -0.4 is 10.9 Å². The Labute approximate surface area is 191 Å². The van der Waals surface area contributed by atoms with E-state index >= 15 is 0 Å². The van der Waals surface area contributed by atoms with Gasteiger partial charge in [0, 0.05) is 17.5 Å². The van der Waals surface area contributed by atoms with Gasteiger partial charge in [0.1, 0.15) is 17.6 Å². The molecule has 10 heteroatoms. The van der Waals surface area contributed by atoms with Crippen molar-refractivity contribution >= 4 is 56.3 Å². The highest BCUT2D eigenvalue weighted by Gasteiger charge is 2.14. The fraction of sp³-hybridized carbons (Fsp3) is 0.190. The predicted octanol–water partition coefficient (Wildman–Crippen LogP) is 4.55. The van der Waals surface area contributed by atoms with Gasteiger partial charge in [-0.3, -0.25) is 14.2 Å². The number of carbonyl (C=O) groups excluding carboxylic acids is 1. The molecule has 0 radical (unpaired) electrons. The highest BCUT2D eigenvalue weighted by atomic mass is 32.1. The zero-order valence-electron chi connectivity index (χ0n) is 16.9. The number of rotatable bonds is 6. The van der Waals surface area contributed by atoms with E-state index in [-0.39, 0.29) is 18.0 Å². The van der Waals surface area contributed by atoms with Crippen LogP contribution in [-0.4, -0.2) is 25.0 Å². The van der Waals surface area contributed by atoms with Crippen LogP contribution in [0, 0.1) is 17.8 Å². The van der Waals surface area contributed by atoms with E-state index in [4.69, 9.17) is 12.2 Å². The molecule has 0 aliphatic heterocycles. The summed E-state index contributed by atoms with van der Waals surface area (Å²) in [5, 5.41) is 5.14. The molecule has 3 aromatic heterocycles. The number of hydrogen-bond acceptors (Lipinski definition) is 7. The number of anilines is 1. The first-order valence-corrected chi connectivity index (χ1v) is 11.5. The molecule has 1 N–H and O–H groups in total. The van der Waals surface area contributed by atoms with Gasteiger partial charge in [0.2, 0.25) is 5.91 Å². The number of nitrogens with zero attached hydrogens (tertiary/aromatic N) is 4. The topological polar surface area (TPSA) is 81.8 Å². The number of amides is 1. The van der Waals surface area contributed by atoms with Crippen LogP contribution in [0.4, 0.5) is 5.13 Å². The quantitative estimate of drug-likeness (QED) is 0.331. The molecule has 0 atom stereocenters. The summed E-state index contributed by atoms with van der Waals surface area (Å²) in [6, 6.07) is 6.13. The van der Waals surface area contributed by atoms with Crippen molar-refractivity contribution in [3.63, 3.8) is 0 Å². The van der Waals surface area contributed by atoms with Gasteiger partial charge in [-0.15, -0.1) is 17.9 Å². The number of nitrogens with one attached hydrogen (secondary N) is 1. The fourth-order valence-corrected chi connectivity index (χ4v) is 5.10. The lowest BCUT2D eigenvalue weighted by atomic mass is 10.1. The van der Waals surface area contributed by atoms with Crippen LogP contribution in [0.3, 0.4) is 0 Å². The number of carbonyl (C=O) groups is 1. The molecule has 1 amide bonds. The lowest BCUT2D eigenvalue weighted by Crippen LogP contribution is -2.27. The molecule has 31 heavy (non-hydrogen) atoms. The molecule has 0 saturated heterocycles. The van der Waals surface area contributed by atoms with Gasteiger partial charge in [0.05, 0.1) is 5.69 Å².